The summed E-state index contributed by atoms with van der Waals surface area (Å²) in [5.74, 6) is -1.09. The molecule has 1 heterocycles. The number of nitrogens with one attached hydrogen (secondary N) is 1. The van der Waals surface area contributed by atoms with Crippen molar-refractivity contribution < 1.29 is 19.4 Å². The van der Waals surface area contributed by atoms with E-state index in [0.717, 1.165) is 4.47 Å². The number of rotatable bonds is 5. The number of halogens is 1. The second-order valence-corrected chi connectivity index (χ2v) is 6.59. The first-order valence-electron chi connectivity index (χ1n) is 7.89. The van der Waals surface area contributed by atoms with Gasteiger partial charge in [-0.05, 0) is 42.0 Å². The van der Waals surface area contributed by atoms with Crippen molar-refractivity contribution in [2.24, 2.45) is 0 Å². The highest BCUT2D eigenvalue weighted by Crippen LogP contribution is 2.34. The van der Waals surface area contributed by atoms with E-state index < -0.39 is 17.7 Å². The molecule has 0 aliphatic carbocycles. The number of aliphatic hydroxyl groups excluding tert-OH is 1. The van der Waals surface area contributed by atoms with Crippen LogP contribution in [-0.2, 0) is 9.59 Å². The molecule has 1 amide bonds. The third kappa shape index (κ3) is 3.55. The van der Waals surface area contributed by atoms with Crippen molar-refractivity contribution in [1.29, 1.82) is 0 Å². The molecule has 2 aromatic carbocycles. The minimum atomic E-state index is -0.737. The van der Waals surface area contributed by atoms with Gasteiger partial charge in [0.05, 0.1) is 11.6 Å². The molecule has 6 heteroatoms. The van der Waals surface area contributed by atoms with Crippen LogP contribution < -0.4 is 10.1 Å². The molecule has 0 bridgehead atoms. The fourth-order valence-electron chi connectivity index (χ4n) is 2.72. The molecule has 0 spiro atoms. The van der Waals surface area contributed by atoms with Crippen LogP contribution in [0.4, 0.5) is 0 Å². The zero-order valence-electron chi connectivity index (χ0n) is 13.7. The minimum absolute atomic E-state index is 0.0351. The Morgan fingerprint density at radius 1 is 1.23 bits per heavy atom. The lowest BCUT2D eigenvalue weighted by Gasteiger charge is -2.14. The number of Topliss-reactive ketones (excluding diaryl/α,β-unsaturated/α-hetero) is 1. The SMILES string of the molecule is C=CCOc1ccc(/C(O)=C2\C(=O)C(=O)NC2c2cccc(Br)c2)cc1. The Hall–Kier alpha value is -2.86. The molecule has 1 fully saturated rings. The lowest BCUT2D eigenvalue weighted by molar-refractivity contribution is -0.133. The van der Waals surface area contributed by atoms with Gasteiger partial charge in [0.1, 0.15) is 18.1 Å². The van der Waals surface area contributed by atoms with Crippen LogP contribution in [0.15, 0.2) is 71.2 Å². The topological polar surface area (TPSA) is 75.6 Å². The van der Waals surface area contributed by atoms with E-state index in [1.807, 2.05) is 6.07 Å². The quantitative estimate of drug-likeness (QED) is 0.339. The van der Waals surface area contributed by atoms with Crippen molar-refractivity contribution in [2.75, 3.05) is 6.61 Å². The normalized spacial score (nSPS) is 18.4. The van der Waals surface area contributed by atoms with Crippen LogP contribution in [0.25, 0.3) is 5.76 Å². The Labute approximate surface area is 159 Å². The third-order valence-corrected chi connectivity index (χ3v) is 4.44. The molecule has 1 aliphatic rings. The van der Waals surface area contributed by atoms with Crippen LogP contribution in [-0.4, -0.2) is 23.4 Å². The lowest BCUT2D eigenvalue weighted by Crippen LogP contribution is -2.21. The van der Waals surface area contributed by atoms with Crippen LogP contribution in [0.2, 0.25) is 0 Å². The predicted molar refractivity (Wildman–Crippen MR) is 102 cm³/mol. The highest BCUT2D eigenvalue weighted by Gasteiger charge is 2.39. The molecule has 3 rings (SSSR count). The monoisotopic (exact) mass is 413 g/mol. The number of ketones is 1. The lowest BCUT2D eigenvalue weighted by atomic mass is 9.96. The maximum absolute atomic E-state index is 12.3. The van der Waals surface area contributed by atoms with Gasteiger partial charge in [-0.1, -0.05) is 40.7 Å². The van der Waals surface area contributed by atoms with Crippen molar-refractivity contribution in [3.63, 3.8) is 0 Å². The highest BCUT2D eigenvalue weighted by atomic mass is 79.9. The summed E-state index contributed by atoms with van der Waals surface area (Å²) >= 11 is 3.37. The van der Waals surface area contributed by atoms with E-state index in [9.17, 15) is 14.7 Å². The number of benzene rings is 2. The molecule has 1 atom stereocenters. The maximum atomic E-state index is 12.3. The molecule has 5 nitrogen and oxygen atoms in total. The summed E-state index contributed by atoms with van der Waals surface area (Å²) in [5, 5.41) is 13.3. The number of amides is 1. The largest absolute Gasteiger partial charge is 0.507 e. The van der Waals surface area contributed by atoms with E-state index in [1.54, 1.807) is 48.5 Å². The fourth-order valence-corrected chi connectivity index (χ4v) is 3.14. The standard InChI is InChI=1S/C20H16BrNO4/c1-2-10-26-15-8-6-12(7-9-15)18(23)16-17(22-20(25)19(16)24)13-4-3-5-14(21)11-13/h2-9,11,17,23H,1,10H2,(H,22,25)/b18-16+. The summed E-state index contributed by atoms with van der Waals surface area (Å²) < 4.78 is 6.21. The summed E-state index contributed by atoms with van der Waals surface area (Å²) in [4.78, 5) is 24.2. The molecule has 26 heavy (non-hydrogen) atoms. The van der Waals surface area contributed by atoms with Crippen LogP contribution in [0.1, 0.15) is 17.2 Å². The second-order valence-electron chi connectivity index (χ2n) is 5.68. The fraction of sp³-hybridized carbons (Fsp3) is 0.100. The Bertz CT molecular complexity index is 902. The van der Waals surface area contributed by atoms with E-state index in [0.29, 0.717) is 23.5 Å². The number of ether oxygens (including phenoxy) is 1. The Morgan fingerprint density at radius 3 is 2.62 bits per heavy atom. The van der Waals surface area contributed by atoms with E-state index in [2.05, 4.69) is 27.8 Å². The molecule has 2 N–H and O–H groups in total. The number of carbonyl (C=O) groups is 2. The van der Waals surface area contributed by atoms with Crippen LogP contribution in [0.5, 0.6) is 5.75 Å². The van der Waals surface area contributed by atoms with Crippen molar-refractivity contribution in [2.45, 2.75) is 6.04 Å². The molecule has 0 saturated carbocycles. The first kappa shape index (κ1) is 17.9. The van der Waals surface area contributed by atoms with Gasteiger partial charge in [-0.15, -0.1) is 0 Å². The first-order chi connectivity index (χ1) is 12.5. The van der Waals surface area contributed by atoms with Crippen molar-refractivity contribution >= 4 is 33.4 Å². The summed E-state index contributed by atoms with van der Waals surface area (Å²) in [7, 11) is 0. The van der Waals surface area contributed by atoms with Crippen molar-refractivity contribution in [1.82, 2.24) is 5.32 Å². The van der Waals surface area contributed by atoms with Gasteiger partial charge >= 0.3 is 0 Å². The molecular formula is C20H16BrNO4. The number of hydrogen-bond donors (Lipinski definition) is 2. The molecule has 2 aromatic rings. The Balaban J connectivity index is 2.00. The zero-order chi connectivity index (χ0) is 18.7. The van der Waals surface area contributed by atoms with Crippen LogP contribution >= 0.6 is 15.9 Å². The number of aliphatic hydroxyl groups is 1. The van der Waals surface area contributed by atoms with Gasteiger partial charge < -0.3 is 15.2 Å². The average Bonchev–Trinajstić information content (AvgIpc) is 2.95. The van der Waals surface area contributed by atoms with Crippen molar-refractivity contribution in [3.05, 3.63) is 82.4 Å². The van der Waals surface area contributed by atoms with Crippen LogP contribution in [0, 0.1) is 0 Å². The maximum Gasteiger partial charge on any atom is 0.293 e. The molecule has 1 saturated heterocycles. The summed E-state index contributed by atoms with van der Waals surface area (Å²) in [6, 6.07) is 13.1. The van der Waals surface area contributed by atoms with Gasteiger partial charge in [-0.2, -0.15) is 0 Å². The zero-order valence-corrected chi connectivity index (χ0v) is 15.3. The van der Waals surface area contributed by atoms with E-state index in [-0.39, 0.29) is 11.3 Å². The van der Waals surface area contributed by atoms with E-state index in [1.165, 1.54) is 0 Å². The smallest absolute Gasteiger partial charge is 0.293 e. The molecular weight excluding hydrogens is 398 g/mol. The summed E-state index contributed by atoms with van der Waals surface area (Å²) in [6.45, 7) is 3.95. The number of carbonyl (C=O) groups excluding carboxylic acids is 2. The van der Waals surface area contributed by atoms with Gasteiger partial charge in [-0.3, -0.25) is 9.59 Å². The molecule has 1 aliphatic heterocycles. The van der Waals surface area contributed by atoms with Gasteiger partial charge in [0.15, 0.2) is 0 Å². The first-order valence-corrected chi connectivity index (χ1v) is 8.68. The molecule has 0 radical (unpaired) electrons. The average molecular weight is 414 g/mol. The van der Waals surface area contributed by atoms with Crippen LogP contribution in [0.3, 0.4) is 0 Å². The van der Waals surface area contributed by atoms with Gasteiger partial charge in [-0.25, -0.2) is 0 Å². The second kappa shape index (κ2) is 7.58. The Morgan fingerprint density at radius 2 is 1.96 bits per heavy atom. The highest BCUT2D eigenvalue weighted by molar-refractivity contribution is 9.10. The van der Waals surface area contributed by atoms with Gasteiger partial charge in [0.25, 0.3) is 11.7 Å². The summed E-state index contributed by atoms with van der Waals surface area (Å²) in [6.07, 6.45) is 1.63. The number of hydrogen-bond acceptors (Lipinski definition) is 4. The molecule has 1 unspecified atom stereocenters. The van der Waals surface area contributed by atoms with Crippen molar-refractivity contribution in [3.8, 4) is 5.75 Å². The van der Waals surface area contributed by atoms with Gasteiger partial charge in [0, 0.05) is 10.0 Å². The summed E-state index contributed by atoms with van der Waals surface area (Å²) in [5.41, 5.74) is 1.16. The predicted octanol–water partition coefficient (Wildman–Crippen LogP) is 3.72. The van der Waals surface area contributed by atoms with E-state index >= 15 is 0 Å². The third-order valence-electron chi connectivity index (χ3n) is 3.95. The molecule has 0 aromatic heterocycles. The minimum Gasteiger partial charge on any atom is -0.507 e. The Kier molecular flexibility index (Phi) is 5.23. The molecule has 132 valence electrons. The van der Waals surface area contributed by atoms with Gasteiger partial charge in [0.2, 0.25) is 0 Å². The van der Waals surface area contributed by atoms with E-state index in [4.69, 9.17) is 4.74 Å².